The van der Waals surface area contributed by atoms with Crippen LogP contribution in [0.25, 0.3) is 0 Å². The zero-order chi connectivity index (χ0) is 18.2. The van der Waals surface area contributed by atoms with Gasteiger partial charge in [0.05, 0.1) is 0 Å². The Morgan fingerprint density at radius 1 is 0.963 bits per heavy atom. The lowest BCUT2D eigenvalue weighted by Crippen LogP contribution is -2.52. The second-order valence-corrected chi connectivity index (χ2v) is 10.2. The number of rotatable bonds is 3. The van der Waals surface area contributed by atoms with Crippen molar-refractivity contribution < 1.29 is 4.79 Å². The lowest BCUT2D eigenvalue weighted by molar-refractivity contribution is -0.137. The van der Waals surface area contributed by atoms with Crippen LogP contribution in [0, 0.1) is 11.8 Å². The fourth-order valence-electron chi connectivity index (χ4n) is 6.54. The summed E-state index contributed by atoms with van der Waals surface area (Å²) in [4.78, 5) is 18.5. The minimum absolute atomic E-state index is 0.322. The molecule has 0 unspecified atom stereocenters. The number of amides is 1. The molecule has 27 heavy (non-hydrogen) atoms. The first-order valence-corrected chi connectivity index (χ1v) is 12.3. The summed E-state index contributed by atoms with van der Waals surface area (Å²) < 4.78 is 0. The lowest BCUT2D eigenvalue weighted by Gasteiger charge is -2.44. The molecule has 4 fully saturated rings. The van der Waals surface area contributed by atoms with Gasteiger partial charge in [-0.25, -0.2) is 0 Å². The first kappa shape index (κ1) is 18.2. The quantitative estimate of drug-likeness (QED) is 0.738. The number of hydrogen-bond donors (Lipinski definition) is 0. The van der Waals surface area contributed by atoms with Crippen molar-refractivity contribution >= 4 is 17.2 Å². The van der Waals surface area contributed by atoms with Crippen molar-refractivity contribution in [2.24, 2.45) is 11.8 Å². The monoisotopic (exact) mass is 386 g/mol. The summed E-state index contributed by atoms with van der Waals surface area (Å²) in [6.07, 6.45) is 13.0. The molecule has 3 atom stereocenters. The van der Waals surface area contributed by atoms with E-state index in [2.05, 4.69) is 26.6 Å². The molecule has 0 radical (unpaired) electrons. The molecule has 5 rings (SSSR count). The third-order valence-electron chi connectivity index (χ3n) is 8.01. The summed E-state index contributed by atoms with van der Waals surface area (Å²) in [6.45, 7) is 3.39. The van der Waals surface area contributed by atoms with Gasteiger partial charge in [0.15, 0.2) is 0 Å². The third kappa shape index (κ3) is 3.48. The molecule has 4 heteroatoms. The van der Waals surface area contributed by atoms with E-state index in [9.17, 15) is 4.79 Å². The zero-order valence-corrected chi connectivity index (χ0v) is 17.3. The molecule has 0 bridgehead atoms. The van der Waals surface area contributed by atoms with Crippen LogP contribution in [0.5, 0.6) is 0 Å². The second kappa shape index (κ2) is 7.87. The Morgan fingerprint density at radius 2 is 1.74 bits per heavy atom. The van der Waals surface area contributed by atoms with Crippen LogP contribution >= 0.6 is 11.3 Å². The molecule has 1 amide bonds. The van der Waals surface area contributed by atoms with Gasteiger partial charge in [-0.1, -0.05) is 32.1 Å². The average molecular weight is 387 g/mol. The first-order chi connectivity index (χ1) is 13.3. The molecule has 0 aromatic carbocycles. The van der Waals surface area contributed by atoms with Gasteiger partial charge in [-0.2, -0.15) is 11.3 Å². The van der Waals surface area contributed by atoms with Gasteiger partial charge in [-0.3, -0.25) is 9.69 Å². The number of thiophene rings is 1. The van der Waals surface area contributed by atoms with Crippen LogP contribution in [0.3, 0.4) is 0 Å². The largest absolute Gasteiger partial charge is 0.338 e. The highest BCUT2D eigenvalue weighted by atomic mass is 32.1. The SMILES string of the molecule is O=C(C1CCCC1)N1C[C@@H](c2ccsc2)[C@@H]2CN(C3CCCCC3)CC[C@@H]21. The van der Waals surface area contributed by atoms with Gasteiger partial charge in [0.2, 0.25) is 5.91 Å². The number of piperidine rings is 1. The van der Waals surface area contributed by atoms with Crippen molar-refractivity contribution in [3.63, 3.8) is 0 Å². The second-order valence-electron chi connectivity index (χ2n) is 9.44. The molecule has 2 aliphatic carbocycles. The fraction of sp³-hybridized carbons (Fsp3) is 0.783. The molecule has 2 saturated heterocycles. The topological polar surface area (TPSA) is 23.6 Å². The van der Waals surface area contributed by atoms with Gasteiger partial charge < -0.3 is 4.90 Å². The first-order valence-electron chi connectivity index (χ1n) is 11.4. The Bertz CT molecular complexity index is 633. The predicted octanol–water partition coefficient (Wildman–Crippen LogP) is 4.89. The number of likely N-dealkylation sites (tertiary alicyclic amines) is 2. The molecular weight excluding hydrogens is 352 g/mol. The minimum atomic E-state index is 0.322. The molecule has 3 nitrogen and oxygen atoms in total. The fourth-order valence-corrected chi connectivity index (χ4v) is 7.26. The molecule has 1 aromatic heterocycles. The Labute approximate surface area is 168 Å². The molecule has 148 valence electrons. The van der Waals surface area contributed by atoms with E-state index in [1.165, 1.54) is 70.0 Å². The van der Waals surface area contributed by atoms with Gasteiger partial charge in [-0.05, 0) is 54.5 Å². The Hall–Kier alpha value is -0.870. The number of hydrogen-bond acceptors (Lipinski definition) is 3. The van der Waals surface area contributed by atoms with E-state index in [1.807, 2.05) is 11.3 Å². The number of carbonyl (C=O) groups excluding carboxylic acids is 1. The lowest BCUT2D eigenvalue weighted by atomic mass is 9.81. The standard InChI is InChI=1S/C23H34N2OS/c26-23(17-6-4-5-7-17)25-15-20(18-11-13-27-16-18)21-14-24(12-10-22(21)25)19-8-2-1-3-9-19/h11,13,16-17,19-22H,1-10,12,14-15H2/t20-,21-,22-/m0/s1. The Balaban J connectivity index is 1.36. The summed E-state index contributed by atoms with van der Waals surface area (Å²) in [5, 5.41) is 4.55. The van der Waals surface area contributed by atoms with Crippen molar-refractivity contribution in [3.05, 3.63) is 22.4 Å². The summed E-state index contributed by atoms with van der Waals surface area (Å²) in [5.41, 5.74) is 1.49. The number of nitrogens with zero attached hydrogens (tertiary/aromatic N) is 2. The maximum Gasteiger partial charge on any atom is 0.225 e. The summed E-state index contributed by atoms with van der Waals surface area (Å²) in [5.74, 6) is 2.01. The summed E-state index contributed by atoms with van der Waals surface area (Å²) in [6, 6.07) is 3.61. The van der Waals surface area contributed by atoms with Crippen LogP contribution in [0.15, 0.2) is 16.8 Å². The highest BCUT2D eigenvalue weighted by Gasteiger charge is 2.48. The van der Waals surface area contributed by atoms with Crippen molar-refractivity contribution in [2.45, 2.75) is 82.2 Å². The van der Waals surface area contributed by atoms with E-state index in [4.69, 9.17) is 0 Å². The van der Waals surface area contributed by atoms with Crippen LogP contribution in [0.4, 0.5) is 0 Å². The Morgan fingerprint density at radius 3 is 2.48 bits per heavy atom. The average Bonchev–Trinajstić information content (AvgIpc) is 3.48. The molecule has 2 saturated carbocycles. The molecule has 0 N–H and O–H groups in total. The van der Waals surface area contributed by atoms with E-state index < -0.39 is 0 Å². The molecular formula is C23H34N2OS. The van der Waals surface area contributed by atoms with Crippen LogP contribution in [-0.4, -0.2) is 47.4 Å². The van der Waals surface area contributed by atoms with Crippen LogP contribution < -0.4 is 0 Å². The normalized spacial score (nSPS) is 33.5. The smallest absolute Gasteiger partial charge is 0.225 e. The van der Waals surface area contributed by atoms with E-state index in [1.54, 1.807) is 0 Å². The van der Waals surface area contributed by atoms with Gasteiger partial charge in [-0.15, -0.1) is 0 Å². The van der Waals surface area contributed by atoms with E-state index in [0.717, 1.165) is 25.4 Å². The van der Waals surface area contributed by atoms with Crippen LogP contribution in [-0.2, 0) is 4.79 Å². The van der Waals surface area contributed by atoms with E-state index >= 15 is 0 Å². The number of carbonyl (C=O) groups is 1. The molecule has 2 aliphatic heterocycles. The van der Waals surface area contributed by atoms with Gasteiger partial charge >= 0.3 is 0 Å². The Kier molecular flexibility index (Phi) is 5.30. The highest BCUT2D eigenvalue weighted by Crippen LogP contribution is 2.44. The molecule has 3 heterocycles. The minimum Gasteiger partial charge on any atom is -0.338 e. The van der Waals surface area contributed by atoms with Gasteiger partial charge in [0, 0.05) is 49.5 Å². The maximum absolute atomic E-state index is 13.3. The number of fused-ring (bicyclic) bond motifs is 1. The summed E-state index contributed by atoms with van der Waals surface area (Å²) >= 11 is 1.81. The van der Waals surface area contributed by atoms with Crippen molar-refractivity contribution in [2.75, 3.05) is 19.6 Å². The van der Waals surface area contributed by atoms with E-state index in [0.29, 0.717) is 29.7 Å². The predicted molar refractivity (Wildman–Crippen MR) is 111 cm³/mol. The third-order valence-corrected chi connectivity index (χ3v) is 8.71. The molecule has 4 aliphatic rings. The van der Waals surface area contributed by atoms with Crippen molar-refractivity contribution in [1.29, 1.82) is 0 Å². The van der Waals surface area contributed by atoms with Gasteiger partial charge in [0.1, 0.15) is 0 Å². The highest BCUT2D eigenvalue weighted by molar-refractivity contribution is 7.08. The van der Waals surface area contributed by atoms with Crippen molar-refractivity contribution in [1.82, 2.24) is 9.80 Å². The zero-order valence-electron chi connectivity index (χ0n) is 16.5. The molecule has 1 aromatic rings. The van der Waals surface area contributed by atoms with E-state index in [-0.39, 0.29) is 0 Å². The maximum atomic E-state index is 13.3. The van der Waals surface area contributed by atoms with Gasteiger partial charge in [0.25, 0.3) is 0 Å². The van der Waals surface area contributed by atoms with Crippen molar-refractivity contribution in [3.8, 4) is 0 Å². The summed E-state index contributed by atoms with van der Waals surface area (Å²) in [7, 11) is 0. The van der Waals surface area contributed by atoms with Crippen LogP contribution in [0.1, 0.15) is 75.7 Å². The molecule has 0 spiro atoms. The van der Waals surface area contributed by atoms with Crippen LogP contribution in [0.2, 0.25) is 0 Å².